The maximum Gasteiger partial charge on any atom is 0.261 e. The van der Waals surface area contributed by atoms with Crippen LogP contribution in [0.4, 0.5) is 5.13 Å². The van der Waals surface area contributed by atoms with E-state index >= 15 is 0 Å². The van der Waals surface area contributed by atoms with Crippen molar-refractivity contribution in [3.63, 3.8) is 0 Å². The first-order valence-corrected chi connectivity index (χ1v) is 13.5. The molecule has 4 aromatic rings. The summed E-state index contributed by atoms with van der Waals surface area (Å²) in [6.45, 7) is 2.24. The lowest BCUT2D eigenvalue weighted by Crippen LogP contribution is -2.24. The van der Waals surface area contributed by atoms with E-state index in [1.165, 1.54) is 34.4 Å². The maximum absolute atomic E-state index is 12.4. The van der Waals surface area contributed by atoms with Crippen LogP contribution in [0, 0.1) is 0 Å². The number of amides is 2. The van der Waals surface area contributed by atoms with E-state index in [0.29, 0.717) is 21.0 Å². The Kier molecular flexibility index (Phi) is 8.10. The third-order valence-corrected chi connectivity index (χ3v) is 7.77. The third-order valence-electron chi connectivity index (χ3n) is 4.12. The van der Waals surface area contributed by atoms with Crippen LogP contribution in [-0.4, -0.2) is 48.3 Å². The van der Waals surface area contributed by atoms with Gasteiger partial charge in [-0.25, -0.2) is 0 Å². The highest BCUT2D eigenvalue weighted by atomic mass is 32.2. The molecule has 3 aromatic heterocycles. The number of carbonyl (C=O) groups is 2. The Balaban J connectivity index is 1.44. The summed E-state index contributed by atoms with van der Waals surface area (Å²) in [5, 5.41) is 25.1. The molecule has 9 nitrogen and oxygen atoms in total. The predicted molar refractivity (Wildman–Crippen MR) is 133 cm³/mol. The van der Waals surface area contributed by atoms with Crippen LogP contribution in [0.1, 0.15) is 22.4 Å². The molecule has 0 radical (unpaired) electrons. The van der Waals surface area contributed by atoms with Gasteiger partial charge in [0.2, 0.25) is 11.0 Å². The zero-order valence-electron chi connectivity index (χ0n) is 17.4. The van der Waals surface area contributed by atoms with Crippen LogP contribution < -0.4 is 10.6 Å². The lowest BCUT2D eigenvalue weighted by atomic mass is 10.3. The van der Waals surface area contributed by atoms with Crippen molar-refractivity contribution in [1.82, 2.24) is 30.3 Å². The van der Waals surface area contributed by atoms with Gasteiger partial charge in [-0.2, -0.15) is 0 Å². The van der Waals surface area contributed by atoms with E-state index in [9.17, 15) is 9.59 Å². The minimum absolute atomic E-state index is 0.127. The smallest absolute Gasteiger partial charge is 0.261 e. The molecule has 3 heterocycles. The quantitative estimate of drug-likeness (QED) is 0.240. The average molecular weight is 518 g/mol. The number of nitrogens with zero attached hydrogens (tertiary/aromatic N) is 5. The Morgan fingerprint density at radius 1 is 1.03 bits per heavy atom. The average Bonchev–Trinajstić information content (AvgIpc) is 3.58. The summed E-state index contributed by atoms with van der Waals surface area (Å²) in [6, 6.07) is 13.2. The molecule has 1 aromatic carbocycles. The van der Waals surface area contributed by atoms with E-state index in [2.05, 4.69) is 31.0 Å². The molecule has 0 bridgehead atoms. The van der Waals surface area contributed by atoms with Crippen molar-refractivity contribution in [3.8, 4) is 5.69 Å². The first kappa shape index (κ1) is 23.4. The van der Waals surface area contributed by atoms with Gasteiger partial charge in [0.15, 0.2) is 15.3 Å². The Labute approximate surface area is 206 Å². The van der Waals surface area contributed by atoms with E-state index in [1.807, 2.05) is 53.3 Å². The zero-order valence-corrected chi connectivity index (χ0v) is 20.7. The number of nitrogens with one attached hydrogen (secondary N) is 2. The van der Waals surface area contributed by atoms with E-state index in [4.69, 9.17) is 0 Å². The summed E-state index contributed by atoms with van der Waals surface area (Å²) in [4.78, 5) is 25.4. The second kappa shape index (κ2) is 11.4. The molecule has 33 heavy (non-hydrogen) atoms. The molecular formula is C20H19N7O2S4. The SMILES string of the molecule is CCSc1nnc(NC(=O)CSc2nnc(CNC(=O)c3cccs3)n2-c2ccccc2)s1. The van der Waals surface area contributed by atoms with Crippen LogP contribution >= 0.6 is 46.2 Å². The largest absolute Gasteiger partial charge is 0.344 e. The molecule has 0 aliphatic rings. The maximum atomic E-state index is 12.4. The highest BCUT2D eigenvalue weighted by Gasteiger charge is 2.18. The fraction of sp³-hybridized carbons (Fsp3) is 0.200. The first-order chi connectivity index (χ1) is 16.1. The summed E-state index contributed by atoms with van der Waals surface area (Å²) in [5.74, 6) is 1.21. The number of para-hydroxylation sites is 1. The Morgan fingerprint density at radius 3 is 2.64 bits per heavy atom. The number of aromatic nitrogens is 5. The van der Waals surface area contributed by atoms with Crippen molar-refractivity contribution in [2.75, 3.05) is 16.8 Å². The summed E-state index contributed by atoms with van der Waals surface area (Å²) in [7, 11) is 0. The van der Waals surface area contributed by atoms with Crippen LogP contribution in [0.2, 0.25) is 0 Å². The van der Waals surface area contributed by atoms with Gasteiger partial charge < -0.3 is 5.32 Å². The Bertz CT molecular complexity index is 1210. The van der Waals surface area contributed by atoms with Crippen molar-refractivity contribution in [1.29, 1.82) is 0 Å². The number of hydrogen-bond acceptors (Lipinski definition) is 10. The minimum atomic E-state index is -0.209. The normalized spacial score (nSPS) is 10.8. The molecular weight excluding hydrogens is 499 g/mol. The molecule has 0 aliphatic carbocycles. The van der Waals surface area contributed by atoms with Crippen LogP contribution in [0.3, 0.4) is 0 Å². The predicted octanol–water partition coefficient (Wildman–Crippen LogP) is 3.95. The zero-order chi connectivity index (χ0) is 23.0. The summed E-state index contributed by atoms with van der Waals surface area (Å²) >= 11 is 5.56. The number of benzene rings is 1. The molecule has 0 saturated heterocycles. The third kappa shape index (κ3) is 6.19. The highest BCUT2D eigenvalue weighted by Crippen LogP contribution is 2.26. The fourth-order valence-electron chi connectivity index (χ4n) is 2.73. The van der Waals surface area contributed by atoms with Gasteiger partial charge in [0, 0.05) is 5.69 Å². The van der Waals surface area contributed by atoms with Crippen molar-refractivity contribution in [2.45, 2.75) is 23.0 Å². The topological polar surface area (TPSA) is 115 Å². The summed E-state index contributed by atoms with van der Waals surface area (Å²) in [5.41, 5.74) is 0.844. The van der Waals surface area contributed by atoms with Gasteiger partial charge in [0.05, 0.1) is 17.2 Å². The van der Waals surface area contributed by atoms with E-state index in [-0.39, 0.29) is 24.1 Å². The number of anilines is 1. The molecule has 2 N–H and O–H groups in total. The van der Waals surface area contributed by atoms with Crippen molar-refractivity contribution >= 4 is 63.1 Å². The summed E-state index contributed by atoms with van der Waals surface area (Å²) < 4.78 is 2.66. The van der Waals surface area contributed by atoms with Gasteiger partial charge in [0.1, 0.15) is 0 Å². The fourth-order valence-corrected chi connectivity index (χ4v) is 5.80. The lowest BCUT2D eigenvalue weighted by molar-refractivity contribution is -0.113. The molecule has 0 atom stereocenters. The van der Waals surface area contributed by atoms with Gasteiger partial charge >= 0.3 is 0 Å². The summed E-state index contributed by atoms with van der Waals surface area (Å²) in [6.07, 6.45) is 0. The van der Waals surface area contributed by atoms with Crippen LogP contribution in [0.25, 0.3) is 5.69 Å². The minimum Gasteiger partial charge on any atom is -0.344 e. The van der Waals surface area contributed by atoms with Crippen molar-refractivity contribution in [3.05, 3.63) is 58.5 Å². The first-order valence-electron chi connectivity index (χ1n) is 9.84. The molecule has 0 unspecified atom stereocenters. The molecule has 170 valence electrons. The van der Waals surface area contributed by atoms with Crippen LogP contribution in [0.5, 0.6) is 0 Å². The number of hydrogen-bond donors (Lipinski definition) is 2. The second-order valence-corrected chi connectivity index (χ2v) is 10.8. The van der Waals surface area contributed by atoms with Crippen molar-refractivity contribution in [2.24, 2.45) is 0 Å². The van der Waals surface area contributed by atoms with Gasteiger partial charge in [-0.1, -0.05) is 66.0 Å². The standard InChI is InChI=1S/C20H19N7O2S4/c1-2-30-20-26-24-18(33-20)22-16(28)12-32-19-25-23-15(27(19)13-7-4-3-5-8-13)11-21-17(29)14-9-6-10-31-14/h3-10H,2,11-12H2,1H3,(H,21,29)(H,22,24,28). The molecule has 13 heteroatoms. The number of thioether (sulfide) groups is 2. The van der Waals surface area contributed by atoms with Gasteiger partial charge in [0.25, 0.3) is 5.91 Å². The molecule has 0 spiro atoms. The lowest BCUT2D eigenvalue weighted by Gasteiger charge is -2.10. The van der Waals surface area contributed by atoms with Gasteiger partial charge in [-0.15, -0.1) is 31.7 Å². The Morgan fingerprint density at radius 2 is 1.88 bits per heavy atom. The number of carbonyl (C=O) groups excluding carboxylic acids is 2. The molecule has 0 saturated carbocycles. The van der Waals surface area contributed by atoms with Gasteiger partial charge in [-0.3, -0.25) is 19.5 Å². The monoisotopic (exact) mass is 517 g/mol. The Hall–Kier alpha value is -2.74. The van der Waals surface area contributed by atoms with E-state index in [1.54, 1.807) is 17.8 Å². The molecule has 4 rings (SSSR count). The van der Waals surface area contributed by atoms with Gasteiger partial charge in [-0.05, 0) is 29.3 Å². The van der Waals surface area contributed by atoms with Crippen LogP contribution in [0.15, 0.2) is 57.3 Å². The number of thiophene rings is 1. The van der Waals surface area contributed by atoms with E-state index in [0.717, 1.165) is 15.8 Å². The second-order valence-electron chi connectivity index (χ2n) is 6.37. The van der Waals surface area contributed by atoms with Crippen molar-refractivity contribution < 1.29 is 9.59 Å². The highest BCUT2D eigenvalue weighted by molar-refractivity contribution is 8.01. The van der Waals surface area contributed by atoms with Crippen LogP contribution in [-0.2, 0) is 11.3 Å². The van der Waals surface area contributed by atoms with E-state index < -0.39 is 0 Å². The number of rotatable bonds is 10. The molecule has 0 aliphatic heterocycles. The molecule has 0 fully saturated rings. The molecule has 2 amide bonds.